The van der Waals surface area contributed by atoms with Crippen LogP contribution in [0.25, 0.3) is 0 Å². The Morgan fingerprint density at radius 1 is 1.03 bits per heavy atom. The molecule has 8 heteroatoms. The number of ether oxygens (including phenoxy) is 2. The topological polar surface area (TPSA) is 79.2 Å². The molecular formula is C25H37NO5S2. The quantitative estimate of drug-likeness (QED) is 0.340. The first-order chi connectivity index (χ1) is 16.1. The summed E-state index contributed by atoms with van der Waals surface area (Å²) in [5, 5.41) is 22.9. The van der Waals surface area contributed by atoms with Gasteiger partial charge in [0.25, 0.3) is 0 Å². The highest BCUT2D eigenvalue weighted by Crippen LogP contribution is 2.42. The number of carbonyl (C=O) groups is 1. The highest BCUT2D eigenvalue weighted by molar-refractivity contribution is 7.12. The van der Waals surface area contributed by atoms with Crippen LogP contribution in [0.1, 0.15) is 61.1 Å². The molecule has 0 aliphatic heterocycles. The molecule has 0 unspecified atom stereocenters. The van der Waals surface area contributed by atoms with Crippen LogP contribution in [0.3, 0.4) is 0 Å². The number of thiophene rings is 2. The molecule has 1 saturated carbocycles. The summed E-state index contributed by atoms with van der Waals surface area (Å²) in [4.78, 5) is 16.4. The van der Waals surface area contributed by atoms with E-state index in [0.29, 0.717) is 6.04 Å². The third kappa shape index (κ3) is 7.10. The van der Waals surface area contributed by atoms with E-state index < -0.39 is 11.6 Å². The molecule has 6 nitrogen and oxygen atoms in total. The highest BCUT2D eigenvalue weighted by atomic mass is 32.1. The molecule has 0 atom stereocenters. The van der Waals surface area contributed by atoms with Gasteiger partial charge in [-0.2, -0.15) is 0 Å². The first-order valence-electron chi connectivity index (χ1n) is 12.0. The van der Waals surface area contributed by atoms with Crippen molar-refractivity contribution >= 4 is 28.6 Å². The van der Waals surface area contributed by atoms with Crippen LogP contribution in [-0.2, 0) is 19.9 Å². The molecular weight excluding hydrogens is 458 g/mol. The summed E-state index contributed by atoms with van der Waals surface area (Å²) in [7, 11) is 2.15. The average Bonchev–Trinajstić information content (AvgIpc) is 3.54. The van der Waals surface area contributed by atoms with E-state index in [1.165, 1.54) is 22.7 Å². The predicted molar refractivity (Wildman–Crippen MR) is 133 cm³/mol. The predicted octanol–water partition coefficient (Wildman–Crippen LogP) is 4.97. The van der Waals surface area contributed by atoms with E-state index in [0.717, 1.165) is 80.9 Å². The van der Waals surface area contributed by atoms with Gasteiger partial charge in [0.05, 0.1) is 22.5 Å². The first kappa shape index (κ1) is 26.3. The highest BCUT2D eigenvalue weighted by Gasteiger charge is 2.48. The lowest BCUT2D eigenvalue weighted by molar-refractivity contribution is -0.170. The molecule has 0 aromatic carbocycles. The summed E-state index contributed by atoms with van der Waals surface area (Å²) < 4.78 is 12.3. The Hall–Kier alpha value is -1.29. The Morgan fingerprint density at radius 3 is 2.21 bits per heavy atom. The molecule has 0 spiro atoms. The normalized spacial score (nSPS) is 19.2. The minimum atomic E-state index is -1.42. The third-order valence-corrected chi connectivity index (χ3v) is 8.37. The second-order valence-electron chi connectivity index (χ2n) is 8.72. The summed E-state index contributed by atoms with van der Waals surface area (Å²) in [6, 6.07) is 7.98. The van der Waals surface area contributed by atoms with Gasteiger partial charge >= 0.3 is 5.97 Å². The molecule has 1 fully saturated rings. The van der Waals surface area contributed by atoms with Crippen molar-refractivity contribution in [3.63, 3.8) is 0 Å². The van der Waals surface area contributed by atoms with Gasteiger partial charge in [-0.1, -0.05) is 25.0 Å². The zero-order valence-corrected chi connectivity index (χ0v) is 21.1. The van der Waals surface area contributed by atoms with Crippen LogP contribution in [0.5, 0.6) is 0 Å². The number of aliphatic hydroxyl groups excluding tert-OH is 1. The first-order valence-corrected chi connectivity index (χ1v) is 13.7. The van der Waals surface area contributed by atoms with Crippen LogP contribution in [-0.4, -0.2) is 66.6 Å². The number of carboxylic acids is 1. The zero-order chi connectivity index (χ0) is 23.5. The van der Waals surface area contributed by atoms with E-state index in [-0.39, 0.29) is 12.7 Å². The Bertz CT molecular complexity index is 754. The van der Waals surface area contributed by atoms with Crippen LogP contribution >= 0.6 is 22.7 Å². The number of hydrogen-bond acceptors (Lipinski definition) is 7. The van der Waals surface area contributed by atoms with E-state index in [2.05, 4.69) is 11.9 Å². The fourth-order valence-corrected chi connectivity index (χ4v) is 6.28. The molecule has 2 N–H and O–H groups in total. The van der Waals surface area contributed by atoms with E-state index in [1.807, 2.05) is 35.0 Å². The molecule has 1 aliphatic carbocycles. The van der Waals surface area contributed by atoms with Crippen LogP contribution in [0, 0.1) is 0 Å². The number of rotatable bonds is 15. The van der Waals surface area contributed by atoms with Crippen molar-refractivity contribution in [3.05, 3.63) is 44.8 Å². The maximum absolute atomic E-state index is 12.6. The lowest BCUT2D eigenvalue weighted by Crippen LogP contribution is -2.44. The molecule has 0 radical (unpaired) electrons. The number of unbranched alkanes of at least 4 members (excludes halogenated alkanes) is 3. The van der Waals surface area contributed by atoms with Crippen LogP contribution in [0.15, 0.2) is 35.0 Å². The van der Waals surface area contributed by atoms with Gasteiger partial charge in [0, 0.05) is 25.8 Å². The maximum atomic E-state index is 12.6. The molecule has 3 rings (SSSR count). The Kier molecular flexibility index (Phi) is 10.8. The van der Waals surface area contributed by atoms with E-state index in [1.54, 1.807) is 0 Å². The zero-order valence-electron chi connectivity index (χ0n) is 19.5. The third-order valence-electron chi connectivity index (χ3n) is 6.43. The van der Waals surface area contributed by atoms with Crippen molar-refractivity contribution in [2.45, 2.75) is 69.1 Å². The van der Waals surface area contributed by atoms with Crippen molar-refractivity contribution < 1.29 is 24.5 Å². The molecule has 0 amide bonds. The number of aliphatic carboxylic acids is 1. The number of hydrogen-bond donors (Lipinski definition) is 2. The van der Waals surface area contributed by atoms with Crippen LogP contribution in [0.4, 0.5) is 0 Å². The second-order valence-corrected chi connectivity index (χ2v) is 10.6. The maximum Gasteiger partial charge on any atom is 0.347 e. The minimum absolute atomic E-state index is 0.0786. The fourth-order valence-electron chi connectivity index (χ4n) is 4.47. The lowest BCUT2D eigenvalue weighted by Gasteiger charge is -2.38. The molecule has 184 valence electrons. The minimum Gasteiger partial charge on any atom is -0.479 e. The summed E-state index contributed by atoms with van der Waals surface area (Å²) in [6.07, 6.45) is 7.71. The smallest absolute Gasteiger partial charge is 0.347 e. The average molecular weight is 496 g/mol. The second kappa shape index (κ2) is 13.6. The molecule has 33 heavy (non-hydrogen) atoms. The summed E-state index contributed by atoms with van der Waals surface area (Å²) in [5.41, 5.74) is -1.42. The number of nitrogens with zero attached hydrogens (tertiary/aromatic N) is 1. The Morgan fingerprint density at radius 2 is 1.67 bits per heavy atom. The van der Waals surface area contributed by atoms with Crippen LogP contribution < -0.4 is 0 Å². The Balaban J connectivity index is 1.47. The molecule has 0 saturated heterocycles. The van der Waals surface area contributed by atoms with Crippen molar-refractivity contribution in [2.75, 3.05) is 33.4 Å². The largest absolute Gasteiger partial charge is 0.479 e. The van der Waals surface area contributed by atoms with Gasteiger partial charge in [-0.25, -0.2) is 4.79 Å². The molecule has 2 heterocycles. The van der Waals surface area contributed by atoms with E-state index in [4.69, 9.17) is 14.6 Å². The van der Waals surface area contributed by atoms with Crippen LogP contribution in [0.2, 0.25) is 0 Å². The van der Waals surface area contributed by atoms with Gasteiger partial charge in [-0.3, -0.25) is 0 Å². The molecule has 0 bridgehead atoms. The monoisotopic (exact) mass is 495 g/mol. The fraction of sp³-hybridized carbons (Fsp3) is 0.640. The summed E-state index contributed by atoms with van der Waals surface area (Å²) >= 11 is 2.87. The lowest BCUT2D eigenvalue weighted by atomic mass is 9.90. The van der Waals surface area contributed by atoms with Crippen molar-refractivity contribution in [1.29, 1.82) is 0 Å². The van der Waals surface area contributed by atoms with Gasteiger partial charge in [0.1, 0.15) is 0 Å². The SMILES string of the molecule is CN(CCOCCCCCCO)C1CCC(OC(C(=O)O)(c2cccs2)c2cccs2)CC1. The van der Waals surface area contributed by atoms with Crippen molar-refractivity contribution in [2.24, 2.45) is 0 Å². The molecule has 2 aromatic heterocycles. The van der Waals surface area contributed by atoms with Gasteiger partial charge in [0.15, 0.2) is 0 Å². The van der Waals surface area contributed by atoms with Crippen molar-refractivity contribution in [3.8, 4) is 0 Å². The van der Waals surface area contributed by atoms with Gasteiger partial charge in [0.2, 0.25) is 5.60 Å². The van der Waals surface area contributed by atoms with Gasteiger partial charge in [-0.05, 0) is 68.5 Å². The van der Waals surface area contributed by atoms with Gasteiger partial charge < -0.3 is 24.6 Å². The number of aliphatic hydroxyl groups is 1. The van der Waals surface area contributed by atoms with E-state index >= 15 is 0 Å². The number of carboxylic acid groups (broad SMARTS) is 1. The summed E-state index contributed by atoms with van der Waals surface area (Å²) in [6.45, 7) is 2.68. The van der Waals surface area contributed by atoms with Gasteiger partial charge in [-0.15, -0.1) is 22.7 Å². The Labute approximate surface area is 205 Å². The molecule has 2 aromatic rings. The molecule has 1 aliphatic rings. The van der Waals surface area contributed by atoms with Crippen molar-refractivity contribution in [1.82, 2.24) is 4.90 Å². The van der Waals surface area contributed by atoms with E-state index in [9.17, 15) is 9.90 Å². The standard InChI is InChI=1S/C25H37NO5S2/c1-26(14-17-30-16-5-3-2-4-15-27)20-10-12-21(13-11-20)31-25(24(28)29,22-8-6-18-32-22)23-9-7-19-33-23/h6-9,18-21,27H,2-5,10-17H2,1H3,(H,28,29). The summed E-state index contributed by atoms with van der Waals surface area (Å²) in [5.74, 6) is -0.944. The number of likely N-dealkylation sites (N-methyl/N-ethyl adjacent to an activating group) is 1.